The summed E-state index contributed by atoms with van der Waals surface area (Å²) in [6.45, 7) is 0. The van der Waals surface area contributed by atoms with Crippen molar-refractivity contribution in [1.29, 1.82) is 0 Å². The minimum Gasteiger partial charge on any atom is -0.478 e. The van der Waals surface area contributed by atoms with Gasteiger partial charge in [-0.25, -0.2) is 4.79 Å². The van der Waals surface area contributed by atoms with Crippen LogP contribution in [-0.2, 0) is 6.18 Å². The number of para-hydroxylation sites is 1. The quantitative estimate of drug-likeness (QED) is 0.695. The largest absolute Gasteiger partial charge is 0.478 e. The Bertz CT molecular complexity index is 955. The molecule has 2 saturated carbocycles. The number of carbonyl (C=O) groups is 1. The maximum Gasteiger partial charge on any atom is 0.416 e. The second kappa shape index (κ2) is 6.00. The van der Waals surface area contributed by atoms with Crippen molar-refractivity contribution in [2.75, 3.05) is 5.32 Å². The second-order valence-electron chi connectivity index (χ2n) is 8.26. The van der Waals surface area contributed by atoms with Crippen LogP contribution in [0.1, 0.15) is 58.3 Å². The fourth-order valence-corrected chi connectivity index (χ4v) is 5.93. The summed E-state index contributed by atoms with van der Waals surface area (Å²) in [4.78, 5) is 11.8. The van der Waals surface area contributed by atoms with Crippen molar-refractivity contribution in [2.45, 2.75) is 37.4 Å². The van der Waals surface area contributed by atoms with Crippen molar-refractivity contribution in [1.82, 2.24) is 0 Å². The number of halogens is 3. The molecule has 6 heteroatoms. The van der Waals surface area contributed by atoms with Gasteiger partial charge >= 0.3 is 12.1 Å². The van der Waals surface area contributed by atoms with Crippen LogP contribution in [0, 0.1) is 17.8 Å². The SMILES string of the molecule is O=C(O)c1cccc2c1N[C@@H](c1cccc(C(F)(F)F)c1)[C@@H]1[C@H]3CC[C@@H](C3)[C@H]21. The maximum atomic E-state index is 13.3. The Labute approximate surface area is 160 Å². The van der Waals surface area contributed by atoms with Crippen LogP contribution < -0.4 is 5.32 Å². The summed E-state index contributed by atoms with van der Waals surface area (Å²) < 4.78 is 39.8. The zero-order chi connectivity index (χ0) is 19.6. The number of alkyl halides is 3. The summed E-state index contributed by atoms with van der Waals surface area (Å²) in [6.07, 6.45) is -1.12. The lowest BCUT2D eigenvalue weighted by molar-refractivity contribution is -0.137. The van der Waals surface area contributed by atoms with E-state index >= 15 is 0 Å². The predicted octanol–water partition coefficient (Wildman–Crippen LogP) is 5.70. The van der Waals surface area contributed by atoms with Crippen LogP contribution in [0.25, 0.3) is 0 Å². The third kappa shape index (κ3) is 2.54. The molecule has 1 heterocycles. The van der Waals surface area contributed by atoms with Crippen LogP contribution in [0.5, 0.6) is 0 Å². The third-order valence-corrected chi connectivity index (χ3v) is 6.92. The molecule has 3 nitrogen and oxygen atoms in total. The number of carboxylic acids is 1. The van der Waals surface area contributed by atoms with Gasteiger partial charge in [0.2, 0.25) is 0 Å². The van der Waals surface area contributed by atoms with Gasteiger partial charge in [-0.3, -0.25) is 0 Å². The van der Waals surface area contributed by atoms with E-state index in [-0.39, 0.29) is 23.4 Å². The van der Waals surface area contributed by atoms with Gasteiger partial charge in [-0.15, -0.1) is 0 Å². The fourth-order valence-electron chi connectivity index (χ4n) is 5.93. The number of benzene rings is 2. The Hall–Kier alpha value is -2.50. The number of nitrogens with one attached hydrogen (secondary N) is 1. The van der Waals surface area contributed by atoms with Crippen molar-refractivity contribution < 1.29 is 23.1 Å². The van der Waals surface area contributed by atoms with Gasteiger partial charge in [0.1, 0.15) is 0 Å². The molecule has 0 amide bonds. The average molecular weight is 387 g/mol. The fraction of sp³-hybridized carbons (Fsp3) is 0.409. The van der Waals surface area contributed by atoms with Crippen molar-refractivity contribution in [3.8, 4) is 0 Å². The molecule has 2 aromatic carbocycles. The minimum atomic E-state index is -4.40. The Balaban J connectivity index is 1.65. The van der Waals surface area contributed by atoms with Gasteiger partial charge in [0.05, 0.1) is 22.9 Å². The van der Waals surface area contributed by atoms with Crippen LogP contribution in [0.4, 0.5) is 18.9 Å². The van der Waals surface area contributed by atoms with Gasteiger partial charge < -0.3 is 10.4 Å². The van der Waals surface area contributed by atoms with Gasteiger partial charge in [-0.2, -0.15) is 13.2 Å². The van der Waals surface area contributed by atoms with E-state index in [0.29, 0.717) is 23.1 Å². The number of rotatable bonds is 2. The molecule has 0 unspecified atom stereocenters. The van der Waals surface area contributed by atoms with Gasteiger partial charge in [0.25, 0.3) is 0 Å². The minimum absolute atomic E-state index is 0.190. The molecule has 2 bridgehead atoms. The van der Waals surface area contributed by atoms with E-state index in [1.54, 1.807) is 18.2 Å². The summed E-state index contributed by atoms with van der Waals surface area (Å²) in [7, 11) is 0. The van der Waals surface area contributed by atoms with Crippen LogP contribution in [-0.4, -0.2) is 11.1 Å². The Morgan fingerprint density at radius 1 is 1.07 bits per heavy atom. The molecule has 0 radical (unpaired) electrons. The summed E-state index contributed by atoms with van der Waals surface area (Å²) in [5.74, 6) is 0.318. The van der Waals surface area contributed by atoms with Crippen molar-refractivity contribution in [2.24, 2.45) is 17.8 Å². The molecule has 2 aromatic rings. The van der Waals surface area contributed by atoms with Crippen molar-refractivity contribution in [3.05, 3.63) is 64.7 Å². The first-order valence-electron chi connectivity index (χ1n) is 9.64. The number of hydrogen-bond acceptors (Lipinski definition) is 2. The number of fused-ring (bicyclic) bond motifs is 7. The van der Waals surface area contributed by atoms with E-state index < -0.39 is 17.7 Å². The Kier molecular flexibility index (Phi) is 3.77. The number of carboxylic acid groups (broad SMARTS) is 1. The first-order valence-corrected chi connectivity index (χ1v) is 9.64. The predicted molar refractivity (Wildman–Crippen MR) is 98.3 cm³/mol. The van der Waals surface area contributed by atoms with Gasteiger partial charge in [-0.1, -0.05) is 24.3 Å². The van der Waals surface area contributed by atoms with Crippen LogP contribution >= 0.6 is 0 Å². The Morgan fingerprint density at radius 2 is 1.82 bits per heavy atom. The van der Waals surface area contributed by atoms with E-state index in [1.165, 1.54) is 12.1 Å². The molecule has 28 heavy (non-hydrogen) atoms. The highest BCUT2D eigenvalue weighted by atomic mass is 19.4. The second-order valence-corrected chi connectivity index (χ2v) is 8.26. The molecule has 0 saturated heterocycles. The van der Waals surface area contributed by atoms with E-state index in [0.717, 1.165) is 30.9 Å². The third-order valence-electron chi connectivity index (χ3n) is 6.92. The molecule has 2 N–H and O–H groups in total. The summed E-state index contributed by atoms with van der Waals surface area (Å²) in [5.41, 5.74) is 1.70. The number of anilines is 1. The number of hydrogen-bond donors (Lipinski definition) is 2. The first-order chi connectivity index (χ1) is 13.3. The van der Waals surface area contributed by atoms with Crippen LogP contribution in [0.3, 0.4) is 0 Å². The standard InChI is InChI=1S/C22H20F3NO2/c23-22(24,25)14-4-1-3-13(10-14)19-18-12-8-7-11(9-12)17(18)15-5-2-6-16(21(27)28)20(15)26-19/h1-6,10-12,17-19,26H,7-9H2,(H,27,28)/t11-,12-,17+,18+,19-/m0/s1. The molecule has 2 fully saturated rings. The summed E-state index contributed by atoms with van der Waals surface area (Å²) in [5, 5.41) is 13.0. The summed E-state index contributed by atoms with van der Waals surface area (Å²) >= 11 is 0. The molecule has 5 rings (SSSR count). The smallest absolute Gasteiger partial charge is 0.416 e. The molecule has 1 aliphatic heterocycles. The zero-order valence-electron chi connectivity index (χ0n) is 15.0. The molecular formula is C22H20F3NO2. The molecular weight excluding hydrogens is 367 g/mol. The molecule has 0 spiro atoms. The summed E-state index contributed by atoms with van der Waals surface area (Å²) in [6, 6.07) is 10.5. The number of aromatic carboxylic acids is 1. The molecule has 2 aliphatic carbocycles. The lowest BCUT2D eigenvalue weighted by Crippen LogP contribution is -2.36. The topological polar surface area (TPSA) is 49.3 Å². The van der Waals surface area contributed by atoms with Crippen LogP contribution in [0.15, 0.2) is 42.5 Å². The van der Waals surface area contributed by atoms with Gasteiger partial charge in [0, 0.05) is 0 Å². The highest BCUT2D eigenvalue weighted by Crippen LogP contribution is 2.64. The maximum absolute atomic E-state index is 13.3. The van der Waals surface area contributed by atoms with E-state index in [2.05, 4.69) is 5.32 Å². The molecule has 146 valence electrons. The normalized spacial score (nSPS) is 30.5. The monoisotopic (exact) mass is 387 g/mol. The Morgan fingerprint density at radius 3 is 2.57 bits per heavy atom. The lowest BCUT2D eigenvalue weighted by atomic mass is 9.67. The lowest BCUT2D eigenvalue weighted by Gasteiger charge is -2.44. The van der Waals surface area contributed by atoms with E-state index in [4.69, 9.17) is 0 Å². The zero-order valence-corrected chi connectivity index (χ0v) is 15.0. The van der Waals surface area contributed by atoms with E-state index in [9.17, 15) is 23.1 Å². The van der Waals surface area contributed by atoms with Gasteiger partial charge in [-0.05, 0) is 72.3 Å². The molecule has 3 aliphatic rings. The first kappa shape index (κ1) is 17.6. The van der Waals surface area contributed by atoms with Crippen molar-refractivity contribution >= 4 is 11.7 Å². The van der Waals surface area contributed by atoms with Crippen molar-refractivity contribution in [3.63, 3.8) is 0 Å². The van der Waals surface area contributed by atoms with Crippen LogP contribution in [0.2, 0.25) is 0 Å². The molecule has 5 atom stereocenters. The highest BCUT2D eigenvalue weighted by molar-refractivity contribution is 5.95. The van der Waals surface area contributed by atoms with E-state index in [1.807, 2.05) is 6.07 Å². The van der Waals surface area contributed by atoms with Gasteiger partial charge in [0.15, 0.2) is 0 Å². The average Bonchev–Trinajstić information content (AvgIpc) is 3.28. The highest BCUT2D eigenvalue weighted by Gasteiger charge is 2.54. The molecule has 0 aromatic heterocycles.